The average Bonchev–Trinajstić information content (AvgIpc) is 2.82. The number of hydrogen-bond donors (Lipinski definition) is 4. The van der Waals surface area contributed by atoms with Gasteiger partial charge in [-0.25, -0.2) is 0 Å². The zero-order valence-corrected chi connectivity index (χ0v) is 21.7. The van der Waals surface area contributed by atoms with Gasteiger partial charge in [0.25, 0.3) is 0 Å². The number of aryl methyl sites for hydroxylation is 1. The van der Waals surface area contributed by atoms with Crippen LogP contribution in [0.4, 0.5) is 0 Å². The first-order valence-electron chi connectivity index (χ1n) is 12.3. The summed E-state index contributed by atoms with van der Waals surface area (Å²) in [7, 11) is 0. The van der Waals surface area contributed by atoms with Gasteiger partial charge in [-0.1, -0.05) is 49.3 Å². The summed E-state index contributed by atoms with van der Waals surface area (Å²) in [6.07, 6.45) is 9.96. The number of ketones is 1. The Labute approximate surface area is 216 Å². The Bertz CT molecular complexity index is 1250. The fourth-order valence-electron chi connectivity index (χ4n) is 4.02. The lowest BCUT2D eigenvalue weighted by molar-refractivity contribution is -0.146. The molecule has 8 heteroatoms. The minimum Gasteiger partial charge on any atom is -0.507 e. The number of rotatable bonds is 7. The molecule has 1 heterocycles. The van der Waals surface area contributed by atoms with E-state index in [9.17, 15) is 34.8 Å². The second kappa shape index (κ2) is 13.7. The molecule has 4 atom stereocenters. The van der Waals surface area contributed by atoms with Crippen molar-refractivity contribution in [3.8, 4) is 11.5 Å². The molecule has 4 unspecified atom stereocenters. The number of aromatic hydroxyl groups is 2. The third-order valence-corrected chi connectivity index (χ3v) is 6.08. The summed E-state index contributed by atoms with van der Waals surface area (Å²) in [5.74, 6) is -1.61. The molecule has 1 aliphatic rings. The van der Waals surface area contributed by atoms with Gasteiger partial charge in [-0.05, 0) is 46.0 Å². The zero-order chi connectivity index (χ0) is 27.7. The van der Waals surface area contributed by atoms with Crippen LogP contribution in [0.3, 0.4) is 0 Å². The molecule has 1 fully saturated rings. The van der Waals surface area contributed by atoms with Gasteiger partial charge in [0.15, 0.2) is 11.2 Å². The molecule has 2 aromatic rings. The fraction of sp³-hybridized carbons (Fsp3) is 0.414. The molecule has 0 saturated heterocycles. The van der Waals surface area contributed by atoms with Crippen LogP contribution in [-0.2, 0) is 16.0 Å². The van der Waals surface area contributed by atoms with Crippen molar-refractivity contribution in [3.05, 3.63) is 69.6 Å². The number of aliphatic hydroxyl groups is 2. The molecule has 1 saturated carbocycles. The Morgan fingerprint density at radius 3 is 2.46 bits per heavy atom. The van der Waals surface area contributed by atoms with E-state index < -0.39 is 23.9 Å². The van der Waals surface area contributed by atoms with Gasteiger partial charge in [0, 0.05) is 17.7 Å². The Balaban J connectivity index is 0.000000261. The fourth-order valence-corrected chi connectivity index (χ4v) is 4.02. The lowest BCUT2D eigenvalue weighted by Crippen LogP contribution is -2.47. The van der Waals surface area contributed by atoms with Crippen LogP contribution < -0.4 is 5.43 Å². The van der Waals surface area contributed by atoms with E-state index in [1.54, 1.807) is 19.1 Å². The SMILES string of the molecule is CC(C)=CCc1c(O)cc2oc(C)cc(=O)c2c1O.CCCC=CC=CC1CC(O)C(O)C(=O)C1C=O. The molecule has 0 radical (unpaired) electrons. The second-order valence-electron chi connectivity index (χ2n) is 9.38. The van der Waals surface area contributed by atoms with E-state index in [-0.39, 0.29) is 40.2 Å². The summed E-state index contributed by atoms with van der Waals surface area (Å²) in [6, 6.07) is 2.70. The van der Waals surface area contributed by atoms with E-state index in [1.807, 2.05) is 32.1 Å². The molecule has 0 aliphatic heterocycles. The number of phenolic OH excluding ortho intramolecular Hbond substituents is 2. The van der Waals surface area contributed by atoms with Crippen LogP contribution in [0, 0.1) is 18.8 Å². The highest BCUT2D eigenvalue weighted by Gasteiger charge is 2.41. The molecule has 3 rings (SSSR count). The molecule has 1 aliphatic carbocycles. The smallest absolute Gasteiger partial charge is 0.196 e. The van der Waals surface area contributed by atoms with Crippen LogP contribution in [0.25, 0.3) is 11.0 Å². The Hall–Kier alpha value is -3.49. The highest BCUT2D eigenvalue weighted by molar-refractivity contribution is 5.97. The van der Waals surface area contributed by atoms with Crippen molar-refractivity contribution in [1.82, 2.24) is 0 Å². The Morgan fingerprint density at radius 2 is 1.84 bits per heavy atom. The predicted octanol–water partition coefficient (Wildman–Crippen LogP) is 4.05. The molecule has 200 valence electrons. The van der Waals surface area contributed by atoms with Crippen molar-refractivity contribution < 1.29 is 34.4 Å². The highest BCUT2D eigenvalue weighted by atomic mass is 16.3. The molecule has 1 aromatic heterocycles. The van der Waals surface area contributed by atoms with Gasteiger partial charge in [0.05, 0.1) is 12.0 Å². The topological polar surface area (TPSA) is 145 Å². The molecular weight excluding hydrogens is 476 g/mol. The predicted molar refractivity (Wildman–Crippen MR) is 142 cm³/mol. The molecule has 4 N–H and O–H groups in total. The maximum Gasteiger partial charge on any atom is 0.196 e. The van der Waals surface area contributed by atoms with Crippen molar-refractivity contribution in [2.24, 2.45) is 11.8 Å². The van der Waals surface area contributed by atoms with E-state index in [0.29, 0.717) is 24.0 Å². The monoisotopic (exact) mass is 512 g/mol. The van der Waals surface area contributed by atoms with Gasteiger partial charge in [0.2, 0.25) is 0 Å². The van der Waals surface area contributed by atoms with Crippen molar-refractivity contribution in [3.63, 3.8) is 0 Å². The van der Waals surface area contributed by atoms with Gasteiger partial charge in [-0.15, -0.1) is 0 Å². The van der Waals surface area contributed by atoms with Crippen molar-refractivity contribution in [2.45, 2.75) is 65.6 Å². The van der Waals surface area contributed by atoms with Crippen LogP contribution in [0.15, 0.2) is 57.3 Å². The Morgan fingerprint density at radius 1 is 1.14 bits per heavy atom. The van der Waals surface area contributed by atoms with Crippen LogP contribution in [0.1, 0.15) is 51.4 Å². The third-order valence-electron chi connectivity index (χ3n) is 6.08. The number of allylic oxidation sites excluding steroid dienone is 6. The first kappa shape index (κ1) is 29.7. The number of fused-ring (bicyclic) bond motifs is 1. The van der Waals surface area contributed by atoms with E-state index in [4.69, 9.17) is 4.42 Å². The summed E-state index contributed by atoms with van der Waals surface area (Å²) in [5.41, 5.74) is 1.29. The number of aliphatic hydroxyl groups excluding tert-OH is 2. The number of phenols is 2. The highest BCUT2D eigenvalue weighted by Crippen LogP contribution is 2.35. The summed E-state index contributed by atoms with van der Waals surface area (Å²) >= 11 is 0. The minimum absolute atomic E-state index is 0.0729. The molecule has 8 nitrogen and oxygen atoms in total. The van der Waals surface area contributed by atoms with Gasteiger partial charge in [0.1, 0.15) is 40.6 Å². The van der Waals surface area contributed by atoms with Gasteiger partial charge >= 0.3 is 0 Å². The molecule has 1 aromatic carbocycles. The number of hydrogen-bond acceptors (Lipinski definition) is 8. The summed E-state index contributed by atoms with van der Waals surface area (Å²) in [6.45, 7) is 7.57. The average molecular weight is 513 g/mol. The standard InChI is InChI=1S/C15H16O4.C14H20O4/c1-8(2)4-5-10-11(16)7-13-14(15(10)18)12(17)6-9(3)19-13;1-2-3-4-5-6-7-10-8-12(16)14(18)13(17)11(10)9-15/h4,6-7,16,18H,5H2,1-3H3;4-7,9-12,14,16,18H,2-3,8H2,1H3. The summed E-state index contributed by atoms with van der Waals surface area (Å²) in [4.78, 5) is 34.4. The van der Waals surface area contributed by atoms with Gasteiger partial charge in [-0.3, -0.25) is 9.59 Å². The van der Waals surface area contributed by atoms with E-state index >= 15 is 0 Å². The number of carbonyl (C=O) groups is 2. The van der Waals surface area contributed by atoms with Crippen LogP contribution >= 0.6 is 0 Å². The first-order valence-corrected chi connectivity index (χ1v) is 12.3. The maximum absolute atomic E-state index is 11.9. The normalized spacial score (nSPS) is 21.7. The number of unbranched alkanes of at least 4 members (excludes halogenated alkanes) is 1. The van der Waals surface area contributed by atoms with Crippen molar-refractivity contribution >= 4 is 23.0 Å². The quantitative estimate of drug-likeness (QED) is 0.188. The minimum atomic E-state index is -1.43. The number of Topliss-reactive ketones (excluding diaryl/α,β-unsaturated/α-hetero) is 1. The van der Waals surface area contributed by atoms with Crippen molar-refractivity contribution in [2.75, 3.05) is 0 Å². The largest absolute Gasteiger partial charge is 0.507 e. The molecule has 0 spiro atoms. The van der Waals surface area contributed by atoms with E-state index in [2.05, 4.69) is 6.92 Å². The molecular formula is C29H36O8. The number of carbonyl (C=O) groups excluding carboxylic acids is 2. The second-order valence-corrected chi connectivity index (χ2v) is 9.38. The summed E-state index contributed by atoms with van der Waals surface area (Å²) in [5, 5.41) is 39.2. The van der Waals surface area contributed by atoms with Crippen LogP contribution in [0.5, 0.6) is 11.5 Å². The Kier molecular flexibility index (Phi) is 11.0. The van der Waals surface area contributed by atoms with E-state index in [1.165, 1.54) is 12.1 Å². The molecule has 0 bridgehead atoms. The zero-order valence-electron chi connectivity index (χ0n) is 21.7. The van der Waals surface area contributed by atoms with Gasteiger partial charge < -0.3 is 29.6 Å². The lowest BCUT2D eigenvalue weighted by Gasteiger charge is -2.31. The van der Waals surface area contributed by atoms with Crippen LogP contribution in [-0.4, -0.2) is 44.7 Å². The first-order chi connectivity index (χ1) is 17.5. The molecule has 37 heavy (non-hydrogen) atoms. The third kappa shape index (κ3) is 7.74. The number of aldehydes is 1. The summed E-state index contributed by atoms with van der Waals surface area (Å²) < 4.78 is 5.35. The van der Waals surface area contributed by atoms with Crippen LogP contribution in [0.2, 0.25) is 0 Å². The number of benzene rings is 1. The van der Waals surface area contributed by atoms with E-state index in [0.717, 1.165) is 18.4 Å². The maximum atomic E-state index is 11.9. The van der Waals surface area contributed by atoms with Gasteiger partial charge in [-0.2, -0.15) is 0 Å². The molecule has 0 amide bonds. The lowest BCUT2D eigenvalue weighted by atomic mass is 9.76. The van der Waals surface area contributed by atoms with Crippen molar-refractivity contribution in [1.29, 1.82) is 0 Å².